The van der Waals surface area contributed by atoms with Gasteiger partial charge in [0.05, 0.1) is 0 Å². The summed E-state index contributed by atoms with van der Waals surface area (Å²) in [6.45, 7) is 7.40. The molecule has 1 heterocycles. The molecule has 4 aromatic rings. The lowest BCUT2D eigenvalue weighted by Gasteiger charge is -2.31. The highest BCUT2D eigenvalue weighted by molar-refractivity contribution is 9.10. The third-order valence-electron chi connectivity index (χ3n) is 7.25. The van der Waals surface area contributed by atoms with Crippen molar-refractivity contribution in [2.24, 2.45) is 0 Å². The number of fused-ring (bicyclic) bond motifs is 1. The minimum absolute atomic E-state index is 0.154. The fraction of sp³-hybridized carbons (Fsp3) is 0.194. The van der Waals surface area contributed by atoms with E-state index in [1.807, 2.05) is 76.2 Å². The van der Waals surface area contributed by atoms with Crippen LogP contribution in [0.5, 0.6) is 11.5 Å². The Morgan fingerprint density at radius 3 is 1.78 bits per heavy atom. The van der Waals surface area contributed by atoms with Gasteiger partial charge in [0.15, 0.2) is 0 Å². The lowest BCUT2D eigenvalue weighted by Crippen LogP contribution is -2.37. The maximum atomic E-state index is 14.2. The molecule has 0 bridgehead atoms. The number of amides is 1. The monoisotopic (exact) mass is 541 g/mol. The number of hydrogen-bond donors (Lipinski definition) is 3. The third-order valence-corrected chi connectivity index (χ3v) is 7.71. The first-order valence-corrected chi connectivity index (χ1v) is 12.7. The van der Waals surface area contributed by atoms with Crippen LogP contribution in [0.4, 0.5) is 5.69 Å². The van der Waals surface area contributed by atoms with Crippen molar-refractivity contribution in [3.63, 3.8) is 0 Å². The molecule has 0 saturated carbocycles. The molecule has 36 heavy (non-hydrogen) atoms. The van der Waals surface area contributed by atoms with Crippen molar-refractivity contribution in [3.05, 3.63) is 121 Å². The van der Waals surface area contributed by atoms with E-state index < -0.39 is 5.41 Å². The molecule has 0 unspecified atom stereocenters. The normalized spacial score (nSPS) is 14.0. The average molecular weight is 542 g/mol. The molecule has 0 fully saturated rings. The van der Waals surface area contributed by atoms with Gasteiger partial charge >= 0.3 is 0 Å². The van der Waals surface area contributed by atoms with Crippen LogP contribution in [0.3, 0.4) is 0 Å². The Bertz CT molecular complexity index is 1420. The number of phenolic OH excluding ortho intramolecular Hbond substituents is 2. The van der Waals surface area contributed by atoms with Gasteiger partial charge in [0, 0.05) is 15.7 Å². The lowest BCUT2D eigenvalue weighted by atomic mass is 9.68. The van der Waals surface area contributed by atoms with Crippen molar-refractivity contribution in [1.82, 2.24) is 0 Å². The highest BCUT2D eigenvalue weighted by Gasteiger charge is 2.51. The summed E-state index contributed by atoms with van der Waals surface area (Å²) in [4.78, 5) is 14.2. The number of benzene rings is 4. The smallest absolute Gasteiger partial charge is 0.244 e. The summed E-state index contributed by atoms with van der Waals surface area (Å²) in [6.07, 6.45) is 0.667. The number of hydrogen-bond acceptors (Lipinski definition) is 3. The number of aromatic hydroxyl groups is 2. The van der Waals surface area contributed by atoms with Crippen molar-refractivity contribution in [2.45, 2.75) is 39.5 Å². The SMILES string of the molecule is Cc1cc(C2(c3cc(C)c(O)c(C)c3)C(=O)Nc3c(Cc4ccccc4)cc(Br)cc32)cc(C)c1O. The standard InChI is InChI=1S/C31H28BrNO3/c1-17-10-23(11-18(2)28(17)34)31(24-12-19(3)29(35)20(4)13-24)26-16-25(32)15-22(27(26)33-30(31)36)14-21-8-6-5-7-9-21/h5-13,15-16,34-35H,14H2,1-4H3,(H,33,36). The first kappa shape index (κ1) is 24.1. The van der Waals surface area contributed by atoms with Crippen molar-refractivity contribution in [2.75, 3.05) is 5.32 Å². The zero-order valence-corrected chi connectivity index (χ0v) is 22.3. The van der Waals surface area contributed by atoms with Crippen LogP contribution in [-0.4, -0.2) is 16.1 Å². The van der Waals surface area contributed by atoms with E-state index in [0.717, 1.165) is 38.0 Å². The summed E-state index contributed by atoms with van der Waals surface area (Å²) >= 11 is 3.71. The zero-order chi connectivity index (χ0) is 25.8. The fourth-order valence-electron chi connectivity index (χ4n) is 5.48. The molecule has 0 atom stereocenters. The van der Waals surface area contributed by atoms with Crippen molar-refractivity contribution in [1.29, 1.82) is 0 Å². The van der Waals surface area contributed by atoms with Crippen LogP contribution in [0.25, 0.3) is 0 Å². The van der Waals surface area contributed by atoms with Crippen LogP contribution in [-0.2, 0) is 16.6 Å². The highest BCUT2D eigenvalue weighted by atomic mass is 79.9. The number of aryl methyl sites for hydroxylation is 4. The van der Waals surface area contributed by atoms with E-state index in [9.17, 15) is 15.0 Å². The van der Waals surface area contributed by atoms with Gasteiger partial charge < -0.3 is 15.5 Å². The molecule has 0 saturated heterocycles. The molecule has 1 aliphatic heterocycles. The van der Waals surface area contributed by atoms with E-state index in [-0.39, 0.29) is 17.4 Å². The maximum absolute atomic E-state index is 14.2. The molecular weight excluding hydrogens is 514 g/mol. The Hall–Kier alpha value is -3.57. The second kappa shape index (κ2) is 8.82. The van der Waals surface area contributed by atoms with E-state index >= 15 is 0 Å². The van der Waals surface area contributed by atoms with E-state index in [2.05, 4.69) is 39.4 Å². The van der Waals surface area contributed by atoms with Crippen LogP contribution in [0, 0.1) is 27.7 Å². The second-order valence-electron chi connectivity index (χ2n) is 9.77. The second-order valence-corrected chi connectivity index (χ2v) is 10.7. The molecule has 0 radical (unpaired) electrons. The number of halogens is 1. The predicted octanol–water partition coefficient (Wildman–Crippen LogP) is 6.97. The van der Waals surface area contributed by atoms with Crippen LogP contribution >= 0.6 is 15.9 Å². The highest BCUT2D eigenvalue weighted by Crippen LogP contribution is 2.51. The molecule has 5 heteroatoms. The van der Waals surface area contributed by atoms with E-state index in [4.69, 9.17) is 0 Å². The summed E-state index contributed by atoms with van der Waals surface area (Å²) in [6, 6.07) is 21.8. The molecular formula is C31H28BrNO3. The fourth-order valence-corrected chi connectivity index (χ4v) is 5.98. The van der Waals surface area contributed by atoms with Crippen LogP contribution < -0.4 is 5.32 Å². The largest absolute Gasteiger partial charge is 0.507 e. The van der Waals surface area contributed by atoms with Gasteiger partial charge in [0.1, 0.15) is 16.9 Å². The number of rotatable bonds is 4. The van der Waals surface area contributed by atoms with Crippen LogP contribution in [0.15, 0.2) is 71.2 Å². The van der Waals surface area contributed by atoms with Crippen molar-refractivity contribution >= 4 is 27.5 Å². The predicted molar refractivity (Wildman–Crippen MR) is 147 cm³/mol. The molecule has 0 aromatic heterocycles. The number of phenols is 2. The van der Waals surface area contributed by atoms with Gasteiger partial charge in [-0.3, -0.25) is 4.79 Å². The Morgan fingerprint density at radius 1 is 0.778 bits per heavy atom. The molecule has 0 aliphatic carbocycles. The van der Waals surface area contributed by atoms with Gasteiger partial charge in [-0.15, -0.1) is 0 Å². The number of anilines is 1. The lowest BCUT2D eigenvalue weighted by molar-refractivity contribution is -0.118. The molecule has 182 valence electrons. The number of nitrogens with one attached hydrogen (secondary N) is 1. The minimum atomic E-state index is -1.16. The molecule has 1 amide bonds. The summed E-state index contributed by atoms with van der Waals surface area (Å²) in [5, 5.41) is 24.3. The maximum Gasteiger partial charge on any atom is 0.244 e. The number of carbonyl (C=O) groups is 1. The molecule has 4 aromatic carbocycles. The Labute approximate surface area is 219 Å². The van der Waals surface area contributed by atoms with Gasteiger partial charge in [-0.25, -0.2) is 0 Å². The summed E-state index contributed by atoms with van der Waals surface area (Å²) in [5.74, 6) is 0.299. The first-order chi connectivity index (χ1) is 17.1. The van der Waals surface area contributed by atoms with Gasteiger partial charge in [0.25, 0.3) is 0 Å². The van der Waals surface area contributed by atoms with Crippen LogP contribution in [0.1, 0.15) is 50.1 Å². The molecule has 5 rings (SSSR count). The van der Waals surface area contributed by atoms with Crippen molar-refractivity contribution in [3.8, 4) is 11.5 Å². The van der Waals surface area contributed by atoms with E-state index in [1.165, 1.54) is 0 Å². The average Bonchev–Trinajstić information content (AvgIpc) is 3.13. The third kappa shape index (κ3) is 3.70. The first-order valence-electron chi connectivity index (χ1n) is 11.9. The van der Waals surface area contributed by atoms with Gasteiger partial charge in [-0.05, 0) is 90.8 Å². The molecule has 0 spiro atoms. The zero-order valence-electron chi connectivity index (χ0n) is 20.7. The van der Waals surface area contributed by atoms with E-state index in [1.54, 1.807) is 0 Å². The number of carbonyl (C=O) groups excluding carboxylic acids is 1. The molecule has 4 nitrogen and oxygen atoms in total. The molecule has 3 N–H and O–H groups in total. The molecule has 1 aliphatic rings. The quantitative estimate of drug-likeness (QED) is 0.261. The Balaban J connectivity index is 1.85. The Morgan fingerprint density at radius 2 is 1.28 bits per heavy atom. The van der Waals surface area contributed by atoms with E-state index in [0.29, 0.717) is 28.7 Å². The summed E-state index contributed by atoms with van der Waals surface area (Å²) in [7, 11) is 0. The van der Waals surface area contributed by atoms with Gasteiger partial charge in [-0.1, -0.05) is 70.5 Å². The summed E-state index contributed by atoms with van der Waals surface area (Å²) in [5.41, 5.74) is 7.04. The topological polar surface area (TPSA) is 69.6 Å². The minimum Gasteiger partial charge on any atom is -0.507 e. The summed E-state index contributed by atoms with van der Waals surface area (Å²) < 4.78 is 0.882. The van der Waals surface area contributed by atoms with Crippen LogP contribution in [0.2, 0.25) is 0 Å². The van der Waals surface area contributed by atoms with Crippen molar-refractivity contribution < 1.29 is 15.0 Å². The Kier molecular flexibility index (Phi) is 5.92. The van der Waals surface area contributed by atoms with Gasteiger partial charge in [-0.2, -0.15) is 0 Å². The van der Waals surface area contributed by atoms with Gasteiger partial charge in [0.2, 0.25) is 5.91 Å².